The molecule has 1 aliphatic rings. The maximum Gasteiger partial charge on any atom is 0.250 e. The Hall–Kier alpha value is -1.97. The van der Waals surface area contributed by atoms with E-state index in [2.05, 4.69) is 5.32 Å². The Morgan fingerprint density at radius 2 is 2.31 bits per heavy atom. The maximum absolute atomic E-state index is 11.4. The number of amides is 1. The zero-order valence-corrected chi connectivity index (χ0v) is 9.24. The zero-order valence-electron chi connectivity index (χ0n) is 9.24. The van der Waals surface area contributed by atoms with Crippen molar-refractivity contribution in [2.45, 2.75) is 0 Å². The predicted octanol–water partition coefficient (Wildman–Crippen LogP) is 1.22. The third kappa shape index (κ3) is 1.86. The minimum atomic E-state index is -0.117. The predicted molar refractivity (Wildman–Crippen MR) is 60.5 cm³/mol. The van der Waals surface area contributed by atoms with Crippen LogP contribution in [0.3, 0.4) is 0 Å². The van der Waals surface area contributed by atoms with Crippen molar-refractivity contribution in [2.75, 3.05) is 20.8 Å². The molecule has 1 aliphatic heterocycles. The Morgan fingerprint density at radius 1 is 1.50 bits per heavy atom. The lowest BCUT2D eigenvalue weighted by Gasteiger charge is -2.17. The van der Waals surface area contributed by atoms with E-state index in [1.54, 1.807) is 14.2 Å². The van der Waals surface area contributed by atoms with Crippen molar-refractivity contribution in [1.29, 1.82) is 0 Å². The van der Waals surface area contributed by atoms with Crippen LogP contribution in [0, 0.1) is 0 Å². The summed E-state index contributed by atoms with van der Waals surface area (Å²) in [6.45, 7) is 0.305. The molecule has 1 amide bonds. The summed E-state index contributed by atoms with van der Waals surface area (Å²) < 4.78 is 10.6. The topological polar surface area (TPSA) is 47.6 Å². The molecule has 16 heavy (non-hydrogen) atoms. The van der Waals surface area contributed by atoms with Gasteiger partial charge in [-0.1, -0.05) is 0 Å². The molecule has 1 heterocycles. The molecule has 0 atom stereocenters. The van der Waals surface area contributed by atoms with Crippen LogP contribution in [0.1, 0.15) is 5.56 Å². The van der Waals surface area contributed by atoms with E-state index in [9.17, 15) is 4.79 Å². The number of carbonyl (C=O) groups excluding carboxylic acids is 1. The minimum absolute atomic E-state index is 0.117. The molecular weight excluding hydrogens is 206 g/mol. The molecular formula is C12H13NO3. The molecule has 84 valence electrons. The molecule has 0 aromatic heterocycles. The van der Waals surface area contributed by atoms with Crippen LogP contribution in [0.15, 0.2) is 23.8 Å². The van der Waals surface area contributed by atoms with Crippen LogP contribution in [0.25, 0.3) is 6.08 Å². The molecule has 0 saturated heterocycles. The molecule has 4 nitrogen and oxygen atoms in total. The van der Waals surface area contributed by atoms with E-state index in [-0.39, 0.29) is 5.91 Å². The molecule has 1 aromatic carbocycles. The number of rotatable bonds is 2. The second-order valence-electron chi connectivity index (χ2n) is 3.44. The highest BCUT2D eigenvalue weighted by Gasteiger charge is 2.16. The van der Waals surface area contributed by atoms with Gasteiger partial charge in [-0.05, 0) is 24.3 Å². The van der Waals surface area contributed by atoms with Gasteiger partial charge in [0.1, 0.15) is 18.1 Å². The molecule has 1 aromatic rings. The maximum atomic E-state index is 11.4. The zero-order chi connectivity index (χ0) is 11.5. The van der Waals surface area contributed by atoms with E-state index >= 15 is 0 Å². The number of carbonyl (C=O) groups is 1. The van der Waals surface area contributed by atoms with Gasteiger partial charge in [-0.15, -0.1) is 0 Å². The normalized spacial score (nSPS) is 13.2. The van der Waals surface area contributed by atoms with Crippen molar-refractivity contribution in [2.24, 2.45) is 0 Å². The van der Waals surface area contributed by atoms with Crippen molar-refractivity contribution in [1.82, 2.24) is 5.32 Å². The van der Waals surface area contributed by atoms with Gasteiger partial charge in [-0.2, -0.15) is 0 Å². The average molecular weight is 219 g/mol. The van der Waals surface area contributed by atoms with Crippen molar-refractivity contribution in [3.63, 3.8) is 0 Å². The Morgan fingerprint density at radius 3 is 3.00 bits per heavy atom. The fourth-order valence-corrected chi connectivity index (χ4v) is 1.57. The van der Waals surface area contributed by atoms with Crippen LogP contribution in [-0.4, -0.2) is 26.7 Å². The van der Waals surface area contributed by atoms with E-state index < -0.39 is 0 Å². The van der Waals surface area contributed by atoms with Crippen molar-refractivity contribution < 1.29 is 14.3 Å². The van der Waals surface area contributed by atoms with Crippen molar-refractivity contribution >= 4 is 12.0 Å². The molecule has 4 heteroatoms. The lowest BCUT2D eigenvalue weighted by atomic mass is 10.1. The molecule has 0 aliphatic carbocycles. The van der Waals surface area contributed by atoms with Crippen LogP contribution in [0.4, 0.5) is 0 Å². The minimum Gasteiger partial charge on any atom is -0.497 e. The first-order valence-corrected chi connectivity index (χ1v) is 4.98. The summed E-state index contributed by atoms with van der Waals surface area (Å²) in [6, 6.07) is 5.51. The molecule has 0 bridgehead atoms. The molecule has 0 unspecified atom stereocenters. The van der Waals surface area contributed by atoms with Crippen LogP contribution in [-0.2, 0) is 4.79 Å². The van der Waals surface area contributed by atoms with Gasteiger partial charge in [0.15, 0.2) is 0 Å². The third-order valence-corrected chi connectivity index (χ3v) is 2.45. The van der Waals surface area contributed by atoms with Crippen LogP contribution in [0.2, 0.25) is 0 Å². The lowest BCUT2D eigenvalue weighted by molar-refractivity contribution is -0.117. The first-order chi connectivity index (χ1) is 7.74. The Balaban J connectivity index is 2.37. The second-order valence-corrected chi connectivity index (χ2v) is 3.44. The monoisotopic (exact) mass is 219 g/mol. The van der Waals surface area contributed by atoms with Gasteiger partial charge < -0.3 is 14.8 Å². The fourth-order valence-electron chi connectivity index (χ4n) is 1.57. The average Bonchev–Trinajstić information content (AvgIpc) is 2.36. The smallest absolute Gasteiger partial charge is 0.250 e. The number of methoxy groups -OCH3 is 1. The van der Waals surface area contributed by atoms with E-state index in [0.717, 1.165) is 17.1 Å². The summed E-state index contributed by atoms with van der Waals surface area (Å²) in [4.78, 5) is 11.4. The van der Waals surface area contributed by atoms with Gasteiger partial charge in [0.25, 0.3) is 0 Å². The number of hydrogen-bond donors (Lipinski definition) is 1. The summed E-state index contributed by atoms with van der Waals surface area (Å²) in [5.74, 6) is 1.40. The van der Waals surface area contributed by atoms with Crippen LogP contribution in [0.5, 0.6) is 11.5 Å². The van der Waals surface area contributed by atoms with Crippen LogP contribution >= 0.6 is 0 Å². The summed E-state index contributed by atoms with van der Waals surface area (Å²) in [6.07, 6.45) is 1.82. The third-order valence-electron chi connectivity index (χ3n) is 2.45. The first kappa shape index (κ1) is 10.5. The Kier molecular flexibility index (Phi) is 2.81. The highest BCUT2D eigenvalue weighted by atomic mass is 16.5. The van der Waals surface area contributed by atoms with E-state index in [0.29, 0.717) is 12.2 Å². The number of likely N-dealkylation sites (N-methyl/N-ethyl adjacent to an activating group) is 1. The second kappa shape index (κ2) is 4.26. The number of benzene rings is 1. The van der Waals surface area contributed by atoms with E-state index in [4.69, 9.17) is 9.47 Å². The molecule has 1 N–H and O–H groups in total. The summed E-state index contributed by atoms with van der Waals surface area (Å²) in [7, 11) is 3.21. The summed E-state index contributed by atoms with van der Waals surface area (Å²) >= 11 is 0. The molecule has 0 fully saturated rings. The number of ether oxygens (including phenoxy) is 2. The number of hydrogen-bond acceptors (Lipinski definition) is 3. The van der Waals surface area contributed by atoms with E-state index in [1.165, 1.54) is 0 Å². The SMILES string of the molecule is CNC(=O)C1=Cc2cc(OC)ccc2OC1. The first-order valence-electron chi connectivity index (χ1n) is 4.98. The van der Waals surface area contributed by atoms with Gasteiger partial charge in [-0.3, -0.25) is 4.79 Å². The molecule has 0 saturated carbocycles. The summed E-state index contributed by atoms with van der Waals surface area (Å²) in [5.41, 5.74) is 1.48. The highest BCUT2D eigenvalue weighted by molar-refractivity contribution is 5.99. The van der Waals surface area contributed by atoms with Gasteiger partial charge in [-0.25, -0.2) is 0 Å². The van der Waals surface area contributed by atoms with Crippen molar-refractivity contribution in [3.8, 4) is 11.5 Å². The number of nitrogens with one attached hydrogen (secondary N) is 1. The van der Waals surface area contributed by atoms with Crippen molar-refractivity contribution in [3.05, 3.63) is 29.3 Å². The van der Waals surface area contributed by atoms with Crippen LogP contribution < -0.4 is 14.8 Å². The Bertz CT molecular complexity index is 452. The quantitative estimate of drug-likeness (QED) is 0.813. The standard InChI is InChI=1S/C12H13NO3/c1-13-12(14)9-5-8-6-10(15-2)3-4-11(8)16-7-9/h3-6H,7H2,1-2H3,(H,13,14). The fraction of sp³-hybridized carbons (Fsp3) is 0.250. The molecule has 0 spiro atoms. The number of fused-ring (bicyclic) bond motifs is 1. The summed E-state index contributed by atoms with van der Waals surface area (Å²) in [5, 5.41) is 2.58. The largest absolute Gasteiger partial charge is 0.497 e. The Labute approximate surface area is 93.9 Å². The molecule has 2 rings (SSSR count). The highest BCUT2D eigenvalue weighted by Crippen LogP contribution is 2.29. The van der Waals surface area contributed by atoms with Gasteiger partial charge in [0.2, 0.25) is 5.91 Å². The van der Waals surface area contributed by atoms with Gasteiger partial charge >= 0.3 is 0 Å². The van der Waals surface area contributed by atoms with Gasteiger partial charge in [0, 0.05) is 12.6 Å². The lowest BCUT2D eigenvalue weighted by Crippen LogP contribution is -2.25. The molecule has 0 radical (unpaired) electrons. The van der Waals surface area contributed by atoms with E-state index in [1.807, 2.05) is 24.3 Å². The van der Waals surface area contributed by atoms with Gasteiger partial charge in [0.05, 0.1) is 12.7 Å².